The Morgan fingerprint density at radius 1 is 1.24 bits per heavy atom. The molecule has 1 fully saturated rings. The maximum Gasteiger partial charge on any atom is 0.278 e. The van der Waals surface area contributed by atoms with Crippen LogP contribution in [0.3, 0.4) is 0 Å². The van der Waals surface area contributed by atoms with Crippen molar-refractivity contribution in [2.45, 2.75) is 44.7 Å². The van der Waals surface area contributed by atoms with Gasteiger partial charge < -0.3 is 14.7 Å². The highest BCUT2D eigenvalue weighted by Gasteiger charge is 2.48. The normalized spacial score (nSPS) is 17.0. The lowest BCUT2D eigenvalue weighted by molar-refractivity contribution is 0.0256. The van der Waals surface area contributed by atoms with Crippen LogP contribution in [0.5, 0.6) is 11.5 Å². The maximum atomic E-state index is 15.1. The molecular weight excluding hydrogens is 494 g/mol. The van der Waals surface area contributed by atoms with Crippen LogP contribution in [0.15, 0.2) is 60.2 Å². The summed E-state index contributed by atoms with van der Waals surface area (Å²) in [6.45, 7) is 7.53. The topological polar surface area (TPSA) is 87.9 Å². The number of ether oxygens (including phenoxy) is 1. The van der Waals surface area contributed by atoms with Crippen molar-refractivity contribution in [1.82, 2.24) is 14.6 Å². The number of benzene rings is 1. The zero-order valence-electron chi connectivity index (χ0n) is 21.2. The first-order valence-corrected chi connectivity index (χ1v) is 12.4. The largest absolute Gasteiger partial charge is 0.502 e. The number of hydrogen-bond donors (Lipinski definition) is 1. The minimum Gasteiger partial charge on any atom is -0.502 e. The van der Waals surface area contributed by atoms with E-state index in [2.05, 4.69) is 11.6 Å². The first-order valence-electron chi connectivity index (χ1n) is 12.4. The van der Waals surface area contributed by atoms with E-state index in [9.17, 15) is 19.1 Å². The Morgan fingerprint density at radius 3 is 2.63 bits per heavy atom. The summed E-state index contributed by atoms with van der Waals surface area (Å²) in [5, 5.41) is 12.5. The summed E-state index contributed by atoms with van der Waals surface area (Å²) < 4.78 is 36.5. The van der Waals surface area contributed by atoms with Crippen LogP contribution < -0.4 is 15.2 Å². The van der Waals surface area contributed by atoms with Crippen LogP contribution in [-0.4, -0.2) is 44.4 Å². The standard InChI is InChI=1S/C28H28F2N4O4/c1-4-28(12-7-13-28)32-16-34(33-15-11-20(35)25(36)24(33)27(32)37)23(22-17(3)8-6-14-31-22)18-9-10-19(29)21(30)26(18)38-5-2/h4,6,8-11,14-15,23,36H,1,5,7,12-13,16H2,2-3H3/t23-/m1/s1. The van der Waals surface area contributed by atoms with Gasteiger partial charge in [0.15, 0.2) is 23.0 Å². The van der Waals surface area contributed by atoms with E-state index >= 15 is 4.39 Å². The molecule has 8 nitrogen and oxygen atoms in total. The molecule has 10 heteroatoms. The van der Waals surface area contributed by atoms with Gasteiger partial charge in [0.25, 0.3) is 5.91 Å². The van der Waals surface area contributed by atoms with Gasteiger partial charge in [0.2, 0.25) is 11.2 Å². The van der Waals surface area contributed by atoms with E-state index in [1.165, 1.54) is 16.9 Å². The second-order valence-electron chi connectivity index (χ2n) is 9.52. The Bertz CT molecular complexity index is 1480. The second-order valence-corrected chi connectivity index (χ2v) is 9.52. The van der Waals surface area contributed by atoms with Gasteiger partial charge in [-0.25, -0.2) is 4.39 Å². The molecule has 2 aliphatic rings. The van der Waals surface area contributed by atoms with Crippen molar-refractivity contribution >= 4 is 5.91 Å². The summed E-state index contributed by atoms with van der Waals surface area (Å²) in [5.41, 5.74) is -0.0927. The van der Waals surface area contributed by atoms with Crippen molar-refractivity contribution in [2.24, 2.45) is 0 Å². The van der Waals surface area contributed by atoms with E-state index < -0.39 is 40.3 Å². The Hall–Kier alpha value is -4.21. The molecule has 1 atom stereocenters. The summed E-state index contributed by atoms with van der Waals surface area (Å²) in [4.78, 5) is 32.3. The minimum atomic E-state index is -1.14. The predicted octanol–water partition coefficient (Wildman–Crippen LogP) is 4.18. The number of carbonyl (C=O) groups excluding carboxylic acids is 1. The van der Waals surface area contributed by atoms with Gasteiger partial charge in [0.1, 0.15) is 12.7 Å². The average molecular weight is 523 g/mol. The molecule has 38 heavy (non-hydrogen) atoms. The molecule has 198 valence electrons. The molecule has 0 unspecified atom stereocenters. The molecule has 5 rings (SSSR count). The van der Waals surface area contributed by atoms with Gasteiger partial charge in [-0.2, -0.15) is 4.39 Å². The average Bonchev–Trinajstić information content (AvgIpc) is 2.88. The molecule has 1 N–H and O–H groups in total. The van der Waals surface area contributed by atoms with E-state index in [4.69, 9.17) is 4.74 Å². The second kappa shape index (κ2) is 9.59. The lowest BCUT2D eigenvalue weighted by Gasteiger charge is -2.53. The zero-order valence-corrected chi connectivity index (χ0v) is 21.2. The molecule has 0 spiro atoms. The molecule has 1 amide bonds. The molecule has 3 aromatic rings. The number of aromatic hydroxyl groups is 1. The van der Waals surface area contributed by atoms with Gasteiger partial charge in [-0.3, -0.25) is 24.3 Å². The van der Waals surface area contributed by atoms with Crippen molar-refractivity contribution in [1.29, 1.82) is 0 Å². The van der Waals surface area contributed by atoms with E-state index in [0.717, 1.165) is 24.1 Å². The van der Waals surface area contributed by atoms with E-state index in [-0.39, 0.29) is 30.3 Å². The van der Waals surface area contributed by atoms with Crippen LogP contribution in [0.1, 0.15) is 59.5 Å². The summed E-state index contributed by atoms with van der Waals surface area (Å²) in [5.74, 6) is -3.70. The Morgan fingerprint density at radius 2 is 2.00 bits per heavy atom. The van der Waals surface area contributed by atoms with E-state index in [1.54, 1.807) is 35.2 Å². The summed E-state index contributed by atoms with van der Waals surface area (Å²) in [7, 11) is 0. The summed E-state index contributed by atoms with van der Waals surface area (Å²) >= 11 is 0. The number of pyridine rings is 2. The zero-order chi connectivity index (χ0) is 27.2. The lowest BCUT2D eigenvalue weighted by atomic mass is 9.75. The van der Waals surface area contributed by atoms with Crippen LogP contribution in [0.25, 0.3) is 0 Å². The van der Waals surface area contributed by atoms with Gasteiger partial charge in [-0.05, 0) is 56.9 Å². The lowest BCUT2D eigenvalue weighted by Crippen LogP contribution is -2.64. The minimum absolute atomic E-state index is 0.00853. The SMILES string of the molecule is C=CC1(N2CN([C@H](c3ccc(F)c(F)c3OCC)c3ncccc3C)n3ccc(=O)c(O)c3C2=O)CCC1. The molecule has 0 bridgehead atoms. The number of halogens is 2. The van der Waals surface area contributed by atoms with Gasteiger partial charge >= 0.3 is 0 Å². The fourth-order valence-corrected chi connectivity index (χ4v) is 5.29. The third-order valence-electron chi connectivity index (χ3n) is 7.47. The number of aryl methyl sites for hydroxylation is 1. The molecule has 1 aliphatic heterocycles. The van der Waals surface area contributed by atoms with Crippen LogP contribution in [0.2, 0.25) is 0 Å². The molecule has 2 aromatic heterocycles. The first-order chi connectivity index (χ1) is 18.2. The van der Waals surface area contributed by atoms with Gasteiger partial charge in [0.05, 0.1) is 17.8 Å². The van der Waals surface area contributed by atoms with E-state index in [1.807, 2.05) is 13.0 Å². The maximum absolute atomic E-state index is 15.1. The Labute approximate surface area is 218 Å². The van der Waals surface area contributed by atoms with Crippen LogP contribution in [-0.2, 0) is 0 Å². The highest BCUT2D eigenvalue weighted by molar-refractivity contribution is 5.97. The number of rotatable bonds is 7. The van der Waals surface area contributed by atoms with E-state index in [0.29, 0.717) is 18.5 Å². The van der Waals surface area contributed by atoms with Crippen LogP contribution in [0, 0.1) is 18.6 Å². The molecular formula is C28H28F2N4O4. The number of nitrogens with zero attached hydrogens (tertiary/aromatic N) is 4. The molecule has 1 aliphatic carbocycles. The van der Waals surface area contributed by atoms with Crippen LogP contribution in [0.4, 0.5) is 8.78 Å². The molecule has 0 radical (unpaired) electrons. The third kappa shape index (κ3) is 3.82. The fraction of sp³-hybridized carbons (Fsp3) is 0.321. The van der Waals surface area contributed by atoms with Gasteiger partial charge in [-0.15, -0.1) is 6.58 Å². The number of hydrogen-bond acceptors (Lipinski definition) is 6. The van der Waals surface area contributed by atoms with Gasteiger partial charge in [-0.1, -0.05) is 12.1 Å². The summed E-state index contributed by atoms with van der Waals surface area (Å²) in [6.07, 6.45) is 6.89. The highest BCUT2D eigenvalue weighted by Crippen LogP contribution is 2.44. The smallest absolute Gasteiger partial charge is 0.278 e. The summed E-state index contributed by atoms with van der Waals surface area (Å²) in [6, 6.07) is 6.30. The molecule has 0 saturated heterocycles. The molecule has 1 saturated carbocycles. The van der Waals surface area contributed by atoms with Crippen molar-refractivity contribution in [3.8, 4) is 11.5 Å². The van der Waals surface area contributed by atoms with Crippen molar-refractivity contribution in [3.05, 3.63) is 99.8 Å². The van der Waals surface area contributed by atoms with Crippen molar-refractivity contribution in [3.63, 3.8) is 0 Å². The molecule has 3 heterocycles. The quantitative estimate of drug-likeness (QED) is 0.469. The monoisotopic (exact) mass is 522 g/mol. The highest BCUT2D eigenvalue weighted by atomic mass is 19.2. The number of carbonyl (C=O) groups is 1. The number of fused-ring (bicyclic) bond motifs is 1. The predicted molar refractivity (Wildman–Crippen MR) is 137 cm³/mol. The van der Waals surface area contributed by atoms with Gasteiger partial charge in [0, 0.05) is 24.0 Å². The fourth-order valence-electron chi connectivity index (χ4n) is 5.29. The number of amides is 1. The van der Waals surface area contributed by atoms with Crippen molar-refractivity contribution < 1.29 is 23.4 Å². The van der Waals surface area contributed by atoms with Crippen molar-refractivity contribution in [2.75, 3.05) is 18.3 Å². The molecule has 1 aromatic carbocycles. The first kappa shape index (κ1) is 25.4. The van der Waals surface area contributed by atoms with Crippen LogP contribution >= 0.6 is 0 Å². The number of aromatic nitrogens is 2. The Kier molecular flexibility index (Phi) is 6.42. The Balaban J connectivity index is 1.81. The third-order valence-corrected chi connectivity index (χ3v) is 7.47.